The second-order valence-corrected chi connectivity index (χ2v) is 5.28. The molecule has 1 fully saturated rings. The predicted molar refractivity (Wildman–Crippen MR) is 58.3 cm³/mol. The van der Waals surface area contributed by atoms with Crippen LogP contribution in [0.5, 0.6) is 0 Å². The summed E-state index contributed by atoms with van der Waals surface area (Å²) in [5.74, 6) is -3.06. The number of amides is 1. The van der Waals surface area contributed by atoms with Gasteiger partial charge in [0.25, 0.3) is 5.91 Å². The van der Waals surface area contributed by atoms with Crippen molar-refractivity contribution < 1.29 is 43.7 Å². The number of phosphoric ester groups is 1. The number of aliphatic hydroxyl groups excluding tert-OH is 3. The topological polar surface area (TPSA) is 166 Å². The molecular weight excluding hydrogens is 285 g/mol. The molecule has 6 N–H and O–H groups in total. The van der Waals surface area contributed by atoms with Gasteiger partial charge in [0.2, 0.25) is 5.91 Å². The van der Waals surface area contributed by atoms with Crippen molar-refractivity contribution in [2.75, 3.05) is 6.61 Å². The molecule has 1 rings (SSSR count). The fraction of sp³-hybridized carbons (Fsp3) is 0.875. The Kier molecular flexibility index (Phi) is 5.04. The lowest BCUT2D eigenvalue weighted by molar-refractivity contribution is -0.306. The minimum atomic E-state index is -5.05. The highest BCUT2D eigenvalue weighted by atomic mass is 31.2. The number of carbonyl (C=O) groups excluding carboxylic acids is 1. The minimum Gasteiger partial charge on any atom is -0.394 e. The first kappa shape index (κ1) is 16.5. The number of rotatable bonds is 4. The Labute approximate surface area is 108 Å². The molecule has 0 bridgehead atoms. The lowest BCUT2D eigenvalue weighted by Gasteiger charge is -2.44. The van der Waals surface area contributed by atoms with E-state index in [1.165, 1.54) is 0 Å². The molecule has 0 aliphatic carbocycles. The summed E-state index contributed by atoms with van der Waals surface area (Å²) in [6.07, 6.45) is -4.98. The fourth-order valence-corrected chi connectivity index (χ4v) is 2.32. The highest BCUT2D eigenvalue weighted by Gasteiger charge is 2.51. The number of ether oxygens (including phenoxy) is 1. The monoisotopic (exact) mass is 301 g/mol. The summed E-state index contributed by atoms with van der Waals surface area (Å²) in [5, 5.41) is 30.1. The van der Waals surface area contributed by atoms with E-state index in [9.17, 15) is 19.6 Å². The van der Waals surface area contributed by atoms with Crippen LogP contribution in [0.3, 0.4) is 0 Å². The van der Waals surface area contributed by atoms with Crippen molar-refractivity contribution in [2.24, 2.45) is 0 Å². The van der Waals surface area contributed by atoms with E-state index in [1.807, 2.05) is 5.32 Å². The molecular formula is C8H16NO9P. The Balaban J connectivity index is 3.02. The van der Waals surface area contributed by atoms with E-state index >= 15 is 0 Å². The van der Waals surface area contributed by atoms with Gasteiger partial charge in [-0.15, -0.1) is 0 Å². The smallest absolute Gasteiger partial charge is 0.394 e. The van der Waals surface area contributed by atoms with Crippen molar-refractivity contribution in [3.05, 3.63) is 0 Å². The maximum absolute atomic E-state index is 11.1. The molecule has 19 heavy (non-hydrogen) atoms. The van der Waals surface area contributed by atoms with Crippen molar-refractivity contribution in [3.8, 4) is 0 Å². The average Bonchev–Trinajstić information content (AvgIpc) is 2.19. The van der Waals surface area contributed by atoms with Crippen LogP contribution < -0.4 is 5.32 Å². The van der Waals surface area contributed by atoms with E-state index in [2.05, 4.69) is 4.52 Å². The quantitative estimate of drug-likeness (QED) is 0.241. The molecule has 0 unspecified atom stereocenters. The van der Waals surface area contributed by atoms with Crippen LogP contribution in [-0.2, 0) is 18.6 Å². The first-order valence-corrected chi connectivity index (χ1v) is 6.81. The molecule has 1 aliphatic rings. The molecule has 0 saturated carbocycles. The molecule has 10 nitrogen and oxygen atoms in total. The SMILES string of the molecule is CC(=O)N[C@@]1(OP(=O)(O)O)C[C@@H](O)[C@H](O)[C@@H](CO)O1. The molecule has 112 valence electrons. The van der Waals surface area contributed by atoms with Gasteiger partial charge in [0.15, 0.2) is 0 Å². The lowest BCUT2D eigenvalue weighted by atomic mass is 9.99. The summed E-state index contributed by atoms with van der Waals surface area (Å²) in [4.78, 5) is 28.7. The van der Waals surface area contributed by atoms with Crippen LogP contribution in [0.15, 0.2) is 0 Å². The van der Waals surface area contributed by atoms with Gasteiger partial charge in [-0.2, -0.15) is 0 Å². The summed E-state index contributed by atoms with van der Waals surface area (Å²) in [6, 6.07) is 0. The maximum Gasteiger partial charge on any atom is 0.473 e. The average molecular weight is 301 g/mol. The van der Waals surface area contributed by atoms with Crippen molar-refractivity contribution in [1.29, 1.82) is 0 Å². The molecule has 1 heterocycles. The van der Waals surface area contributed by atoms with E-state index in [1.54, 1.807) is 0 Å². The molecule has 4 atom stereocenters. The second-order valence-electron chi connectivity index (χ2n) is 4.12. The normalized spacial score (nSPS) is 36.0. The summed E-state index contributed by atoms with van der Waals surface area (Å²) >= 11 is 0. The number of carbonyl (C=O) groups is 1. The van der Waals surface area contributed by atoms with Crippen molar-refractivity contribution in [1.82, 2.24) is 5.32 Å². The van der Waals surface area contributed by atoms with Gasteiger partial charge in [-0.1, -0.05) is 0 Å². The number of phosphoric acid groups is 1. The van der Waals surface area contributed by atoms with Crippen LogP contribution in [0.2, 0.25) is 0 Å². The van der Waals surface area contributed by atoms with Gasteiger partial charge in [-0.25, -0.2) is 9.09 Å². The van der Waals surface area contributed by atoms with E-state index in [-0.39, 0.29) is 0 Å². The molecule has 11 heteroatoms. The third kappa shape index (κ3) is 4.48. The van der Waals surface area contributed by atoms with Crippen LogP contribution in [0, 0.1) is 0 Å². The molecule has 0 aromatic carbocycles. The zero-order valence-corrected chi connectivity index (χ0v) is 10.9. The Hall–Kier alpha value is -0.580. The zero-order valence-electron chi connectivity index (χ0n) is 9.96. The van der Waals surface area contributed by atoms with Gasteiger partial charge in [-0.05, 0) is 0 Å². The number of aliphatic hydroxyl groups is 3. The first-order valence-electron chi connectivity index (χ1n) is 5.28. The summed E-state index contributed by atoms with van der Waals surface area (Å²) in [7, 11) is -5.05. The van der Waals surface area contributed by atoms with E-state index in [0.717, 1.165) is 6.92 Å². The molecule has 1 saturated heterocycles. The van der Waals surface area contributed by atoms with Gasteiger partial charge in [0.1, 0.15) is 12.2 Å². The summed E-state index contributed by atoms with van der Waals surface area (Å²) in [5.41, 5.74) is 0. The Morgan fingerprint density at radius 1 is 1.53 bits per heavy atom. The molecule has 1 amide bonds. The lowest BCUT2D eigenvalue weighted by Crippen LogP contribution is -2.63. The Bertz CT molecular complexity index is 384. The van der Waals surface area contributed by atoms with Gasteiger partial charge in [0.05, 0.1) is 19.1 Å². The van der Waals surface area contributed by atoms with E-state index < -0.39 is 51.0 Å². The minimum absolute atomic E-state index is 0.616. The summed E-state index contributed by atoms with van der Waals surface area (Å²) in [6.45, 7) is 0.295. The standard InChI is InChI=1S/C8H16NO9P/c1-4(11)9-8(18-19(14,15)16)2-5(12)7(13)6(3-10)17-8/h5-7,10,12-13H,2-3H2,1H3,(H,9,11)(H2,14,15,16)/t5-,6-,7+,8+/m1/s1. The molecule has 0 radical (unpaired) electrons. The molecule has 0 spiro atoms. The van der Waals surface area contributed by atoms with Crippen molar-refractivity contribution in [2.45, 2.75) is 37.6 Å². The van der Waals surface area contributed by atoms with Gasteiger partial charge in [0, 0.05) is 6.92 Å². The van der Waals surface area contributed by atoms with Crippen molar-refractivity contribution >= 4 is 13.7 Å². The highest BCUT2D eigenvalue weighted by Crippen LogP contribution is 2.44. The molecule has 0 aromatic rings. The maximum atomic E-state index is 11.1. The Morgan fingerprint density at radius 3 is 2.53 bits per heavy atom. The highest BCUT2D eigenvalue weighted by molar-refractivity contribution is 7.46. The third-order valence-corrected chi connectivity index (χ3v) is 2.94. The first-order chi connectivity index (χ1) is 8.58. The number of nitrogens with one attached hydrogen (secondary N) is 1. The summed E-state index contributed by atoms with van der Waals surface area (Å²) < 4.78 is 20.2. The van der Waals surface area contributed by atoms with Gasteiger partial charge < -0.3 is 35.2 Å². The zero-order chi connectivity index (χ0) is 14.8. The van der Waals surface area contributed by atoms with Gasteiger partial charge >= 0.3 is 7.82 Å². The van der Waals surface area contributed by atoms with E-state index in [4.69, 9.17) is 19.6 Å². The van der Waals surface area contributed by atoms with Crippen LogP contribution in [-0.4, -0.2) is 61.8 Å². The van der Waals surface area contributed by atoms with Crippen LogP contribution in [0.1, 0.15) is 13.3 Å². The van der Waals surface area contributed by atoms with Gasteiger partial charge in [-0.3, -0.25) is 4.79 Å². The van der Waals surface area contributed by atoms with Crippen LogP contribution >= 0.6 is 7.82 Å². The third-order valence-electron chi connectivity index (χ3n) is 2.41. The fourth-order valence-electron chi connectivity index (χ4n) is 1.77. The van der Waals surface area contributed by atoms with Crippen molar-refractivity contribution in [3.63, 3.8) is 0 Å². The van der Waals surface area contributed by atoms with E-state index in [0.29, 0.717) is 0 Å². The van der Waals surface area contributed by atoms with Crippen LogP contribution in [0.4, 0.5) is 0 Å². The number of hydrogen-bond acceptors (Lipinski definition) is 7. The Morgan fingerprint density at radius 2 is 2.11 bits per heavy atom. The largest absolute Gasteiger partial charge is 0.473 e. The van der Waals surface area contributed by atoms with Crippen LogP contribution in [0.25, 0.3) is 0 Å². The predicted octanol–water partition coefficient (Wildman–Crippen LogP) is -2.61. The second kappa shape index (κ2) is 5.81. The molecule has 0 aromatic heterocycles. The number of hydrogen-bond donors (Lipinski definition) is 6. The molecule has 1 aliphatic heterocycles.